The molecule has 8 aromatic rings. The minimum Gasteiger partial charge on any atom is -0.454 e. The Balaban J connectivity index is 1.29. The van der Waals surface area contributed by atoms with Crippen molar-refractivity contribution in [2.75, 3.05) is 4.90 Å². The minimum absolute atomic E-state index is 0.0127. The van der Waals surface area contributed by atoms with Crippen LogP contribution in [-0.2, 0) is 16.2 Å². The Kier molecular flexibility index (Phi) is 8.13. The Labute approximate surface area is 350 Å². The maximum Gasteiger partial charge on any atom is 0.159 e. The van der Waals surface area contributed by atoms with Gasteiger partial charge in [-0.1, -0.05) is 159 Å². The van der Waals surface area contributed by atoms with E-state index in [0.717, 1.165) is 39.0 Å². The second-order valence-electron chi connectivity index (χ2n) is 19.7. The molecule has 0 saturated heterocycles. The van der Waals surface area contributed by atoms with E-state index in [-0.39, 0.29) is 16.2 Å². The van der Waals surface area contributed by atoms with Crippen molar-refractivity contribution in [2.45, 2.75) is 98.3 Å². The van der Waals surface area contributed by atoms with E-state index < -0.39 is 0 Å². The highest BCUT2D eigenvalue weighted by Gasteiger charge is 2.40. The number of anilines is 3. The van der Waals surface area contributed by atoms with E-state index in [1.807, 2.05) is 0 Å². The Morgan fingerprint density at radius 2 is 1.17 bits per heavy atom. The highest BCUT2D eigenvalue weighted by Crippen LogP contribution is 2.56. The van der Waals surface area contributed by atoms with Gasteiger partial charge in [-0.3, -0.25) is 0 Å². The summed E-state index contributed by atoms with van der Waals surface area (Å²) in [6, 6.07) is 48.5. The molecule has 0 amide bonds. The van der Waals surface area contributed by atoms with Gasteiger partial charge in [0, 0.05) is 33.0 Å². The molecular weight excluding hydrogens is 715 g/mol. The maximum absolute atomic E-state index is 7.22. The van der Waals surface area contributed by atoms with E-state index in [4.69, 9.17) is 4.42 Å². The van der Waals surface area contributed by atoms with Crippen molar-refractivity contribution >= 4 is 39.0 Å². The molecule has 10 rings (SSSR count). The zero-order valence-corrected chi connectivity index (χ0v) is 36.6. The second-order valence-corrected chi connectivity index (χ2v) is 19.7. The summed E-state index contributed by atoms with van der Waals surface area (Å²) < 4.78 is 7.22. The first-order chi connectivity index (χ1) is 28.1. The summed E-state index contributed by atoms with van der Waals surface area (Å²) in [5.74, 6) is 0.316. The fourth-order valence-corrected chi connectivity index (χ4v) is 10.6. The summed E-state index contributed by atoms with van der Waals surface area (Å²) in [5, 5.41) is 2.29. The molecule has 0 atom stereocenters. The van der Waals surface area contributed by atoms with Crippen LogP contribution < -0.4 is 4.90 Å². The van der Waals surface area contributed by atoms with Crippen molar-refractivity contribution in [1.29, 1.82) is 0 Å². The Morgan fingerprint density at radius 1 is 0.542 bits per heavy atom. The molecule has 294 valence electrons. The lowest BCUT2D eigenvalue weighted by atomic mass is 9.79. The fourth-order valence-electron chi connectivity index (χ4n) is 10.6. The number of furan rings is 1. The smallest absolute Gasteiger partial charge is 0.159 e. The first-order valence-corrected chi connectivity index (χ1v) is 21.5. The van der Waals surface area contributed by atoms with Crippen LogP contribution in [0.1, 0.15) is 113 Å². The zero-order chi connectivity index (χ0) is 41.3. The lowest BCUT2D eigenvalue weighted by Crippen LogP contribution is -2.18. The number of hydrogen-bond acceptors (Lipinski definition) is 2. The summed E-state index contributed by atoms with van der Waals surface area (Å²) in [6.45, 7) is 25.5. The lowest BCUT2D eigenvalue weighted by molar-refractivity contribution is 0.589. The molecule has 0 saturated carbocycles. The molecule has 0 spiro atoms. The highest BCUT2D eigenvalue weighted by atomic mass is 16.3. The molecule has 0 aliphatic heterocycles. The van der Waals surface area contributed by atoms with Gasteiger partial charge in [-0.2, -0.15) is 0 Å². The minimum atomic E-state index is -0.184. The monoisotopic (exact) mass is 769 g/mol. The van der Waals surface area contributed by atoms with Crippen molar-refractivity contribution in [2.24, 2.45) is 0 Å². The van der Waals surface area contributed by atoms with Crippen LogP contribution in [0.5, 0.6) is 0 Å². The van der Waals surface area contributed by atoms with Gasteiger partial charge in [0.2, 0.25) is 0 Å². The third-order valence-electron chi connectivity index (χ3n) is 13.7. The first kappa shape index (κ1) is 37.4. The number of aryl methyl sites for hydroxylation is 2. The molecule has 2 aliphatic rings. The first-order valence-electron chi connectivity index (χ1n) is 21.5. The highest BCUT2D eigenvalue weighted by molar-refractivity contribution is 6.13. The molecular formula is C57H55NO. The van der Waals surface area contributed by atoms with Crippen LogP contribution in [0.2, 0.25) is 0 Å². The molecule has 2 heteroatoms. The van der Waals surface area contributed by atoms with Crippen LogP contribution in [0, 0.1) is 13.8 Å². The topological polar surface area (TPSA) is 16.4 Å². The van der Waals surface area contributed by atoms with Gasteiger partial charge in [0.1, 0.15) is 5.58 Å². The largest absolute Gasteiger partial charge is 0.454 e. The lowest BCUT2D eigenvalue weighted by Gasteiger charge is -2.30. The van der Waals surface area contributed by atoms with E-state index in [9.17, 15) is 0 Å². The number of benzene rings is 7. The van der Waals surface area contributed by atoms with Gasteiger partial charge in [-0.25, -0.2) is 0 Å². The van der Waals surface area contributed by atoms with Gasteiger partial charge in [0.15, 0.2) is 5.58 Å². The molecule has 0 radical (unpaired) electrons. The summed E-state index contributed by atoms with van der Waals surface area (Å²) in [4.78, 5) is 2.50. The van der Waals surface area contributed by atoms with Gasteiger partial charge in [0.25, 0.3) is 0 Å². The van der Waals surface area contributed by atoms with Crippen LogP contribution >= 0.6 is 0 Å². The number of rotatable bonds is 5. The molecule has 7 aromatic carbocycles. The molecule has 1 aromatic heterocycles. The van der Waals surface area contributed by atoms with Crippen molar-refractivity contribution in [3.63, 3.8) is 0 Å². The second kappa shape index (κ2) is 12.8. The van der Waals surface area contributed by atoms with Gasteiger partial charge >= 0.3 is 0 Å². The van der Waals surface area contributed by atoms with Crippen molar-refractivity contribution in [3.8, 4) is 33.4 Å². The molecule has 59 heavy (non-hydrogen) atoms. The van der Waals surface area contributed by atoms with Crippen molar-refractivity contribution in [3.05, 3.63) is 172 Å². The van der Waals surface area contributed by atoms with E-state index in [2.05, 4.69) is 208 Å². The van der Waals surface area contributed by atoms with Crippen molar-refractivity contribution < 1.29 is 4.42 Å². The van der Waals surface area contributed by atoms with E-state index in [1.165, 1.54) is 77.9 Å². The predicted octanol–water partition coefficient (Wildman–Crippen LogP) is 16.4. The number of hydrogen-bond donors (Lipinski definition) is 0. The van der Waals surface area contributed by atoms with Crippen LogP contribution in [0.3, 0.4) is 0 Å². The third-order valence-corrected chi connectivity index (χ3v) is 13.7. The molecule has 0 unspecified atom stereocenters. The average Bonchev–Trinajstić information content (AvgIpc) is 3.77. The standard InChI is InChI=1S/C57H55NO/c1-33(2)39-17-14-18-43-45-29-36(40-25-22-34(3)28-35(40)4)30-51(54(45)59-53(39)43)58(37-23-26-42-41-16-12-13-19-46(41)56(8,9)49(42)31-37)38-24-27-44-50(32-38)57(10,11)48-21-15-20-47(52(44)48)55(5,6)7/h12-33H,1-11H3. The fraction of sp³-hybridized carbons (Fsp3) is 0.263. The van der Waals surface area contributed by atoms with Gasteiger partial charge in [-0.05, 0) is 134 Å². The Hall–Kier alpha value is -5.86. The molecule has 0 N–H and O–H groups in total. The molecule has 2 aliphatic carbocycles. The summed E-state index contributed by atoms with van der Waals surface area (Å²) in [7, 11) is 0. The predicted molar refractivity (Wildman–Crippen MR) is 251 cm³/mol. The van der Waals surface area contributed by atoms with Gasteiger partial charge < -0.3 is 9.32 Å². The third kappa shape index (κ3) is 5.52. The van der Waals surface area contributed by atoms with Crippen LogP contribution in [0.4, 0.5) is 17.1 Å². The quantitative estimate of drug-likeness (QED) is 0.173. The summed E-state index contributed by atoms with van der Waals surface area (Å²) in [6.07, 6.45) is 0. The number of fused-ring (bicyclic) bond motifs is 9. The van der Waals surface area contributed by atoms with Gasteiger partial charge in [-0.15, -0.1) is 0 Å². The summed E-state index contributed by atoms with van der Waals surface area (Å²) >= 11 is 0. The summed E-state index contributed by atoms with van der Waals surface area (Å²) in [5.41, 5.74) is 23.3. The number of nitrogens with zero attached hydrogens (tertiary/aromatic N) is 1. The van der Waals surface area contributed by atoms with Crippen LogP contribution in [-0.4, -0.2) is 0 Å². The van der Waals surface area contributed by atoms with Gasteiger partial charge in [0.05, 0.1) is 5.69 Å². The normalized spacial score (nSPS) is 14.8. The molecule has 2 nitrogen and oxygen atoms in total. The van der Waals surface area contributed by atoms with E-state index in [1.54, 1.807) is 0 Å². The maximum atomic E-state index is 7.22. The van der Waals surface area contributed by atoms with Crippen LogP contribution in [0.25, 0.3) is 55.3 Å². The average molecular weight is 770 g/mol. The number of para-hydroxylation sites is 1. The SMILES string of the molecule is Cc1ccc(-c2cc(N(c3ccc4c(c3)C(C)(C)c3ccccc3-4)c3ccc4c(c3)C(C)(C)c3cccc(C(C)(C)C)c3-4)c3oc4c(C(C)C)cccc4c3c2)c(C)c1. The van der Waals surface area contributed by atoms with Crippen molar-refractivity contribution in [1.82, 2.24) is 0 Å². The Bertz CT molecular complexity index is 3030. The Morgan fingerprint density at radius 3 is 1.88 bits per heavy atom. The molecule has 1 heterocycles. The molecule has 0 bridgehead atoms. The van der Waals surface area contributed by atoms with E-state index in [0.29, 0.717) is 5.92 Å². The van der Waals surface area contributed by atoms with Crippen LogP contribution in [0.15, 0.2) is 132 Å². The van der Waals surface area contributed by atoms with E-state index >= 15 is 0 Å². The molecule has 0 fully saturated rings. The zero-order valence-electron chi connectivity index (χ0n) is 36.6.